The van der Waals surface area contributed by atoms with Crippen LogP contribution in [0.1, 0.15) is 50.8 Å². The second-order valence-electron chi connectivity index (χ2n) is 5.88. The van der Waals surface area contributed by atoms with E-state index < -0.39 is 0 Å². The molecule has 2 rings (SSSR count). The summed E-state index contributed by atoms with van der Waals surface area (Å²) in [5.74, 6) is 0.724. The van der Waals surface area contributed by atoms with E-state index in [0.29, 0.717) is 12.1 Å². The van der Waals surface area contributed by atoms with Gasteiger partial charge in [0.25, 0.3) is 0 Å². The van der Waals surface area contributed by atoms with Gasteiger partial charge in [0.05, 0.1) is 6.10 Å². The van der Waals surface area contributed by atoms with E-state index in [0.717, 1.165) is 25.5 Å². The molecule has 2 unspecified atom stereocenters. The Balaban J connectivity index is 2.09. The Labute approximate surface area is 141 Å². The average molecular weight is 374 g/mol. The van der Waals surface area contributed by atoms with Gasteiger partial charge in [-0.3, -0.25) is 0 Å². The van der Waals surface area contributed by atoms with Gasteiger partial charge in [-0.05, 0) is 59.6 Å². The molecule has 21 heavy (non-hydrogen) atoms. The van der Waals surface area contributed by atoms with Crippen LogP contribution >= 0.6 is 27.3 Å². The Hall–Kier alpha value is 0.1000. The van der Waals surface area contributed by atoms with Gasteiger partial charge >= 0.3 is 0 Å². The minimum absolute atomic E-state index is 0.351. The first-order valence-corrected chi connectivity index (χ1v) is 10.00. The number of ether oxygens (including phenoxy) is 1. The van der Waals surface area contributed by atoms with Gasteiger partial charge in [0.15, 0.2) is 0 Å². The summed E-state index contributed by atoms with van der Waals surface area (Å²) in [7, 11) is 0. The number of likely N-dealkylation sites (N-methyl/N-ethyl adjacent to an activating group) is 1. The van der Waals surface area contributed by atoms with E-state index in [4.69, 9.17) is 4.74 Å². The third-order valence-corrected chi connectivity index (χ3v) is 6.38. The minimum atomic E-state index is 0.351. The second-order valence-corrected chi connectivity index (χ2v) is 7.73. The van der Waals surface area contributed by atoms with Gasteiger partial charge in [0, 0.05) is 28.4 Å². The largest absolute Gasteiger partial charge is 0.377 e. The normalized spacial score (nSPS) is 19.6. The number of nitrogens with one attached hydrogen (secondary N) is 1. The van der Waals surface area contributed by atoms with E-state index in [1.807, 2.05) is 11.3 Å². The van der Waals surface area contributed by atoms with Crippen molar-refractivity contribution >= 4 is 27.3 Å². The van der Waals surface area contributed by atoms with Crippen LogP contribution in [0.25, 0.3) is 0 Å². The first-order chi connectivity index (χ1) is 10.3. The van der Waals surface area contributed by atoms with Crippen LogP contribution < -0.4 is 5.32 Å². The van der Waals surface area contributed by atoms with Crippen molar-refractivity contribution in [3.8, 4) is 0 Å². The topological polar surface area (TPSA) is 21.3 Å². The van der Waals surface area contributed by atoms with Crippen LogP contribution in [0.15, 0.2) is 15.9 Å². The Bertz CT molecular complexity index is 403. The zero-order chi connectivity index (χ0) is 15.1. The Morgan fingerprint density at radius 2 is 2.10 bits per heavy atom. The van der Waals surface area contributed by atoms with Crippen molar-refractivity contribution in [2.75, 3.05) is 13.2 Å². The molecule has 4 heteroatoms. The van der Waals surface area contributed by atoms with Crippen molar-refractivity contribution in [1.82, 2.24) is 5.32 Å². The summed E-state index contributed by atoms with van der Waals surface area (Å²) in [5, 5.41) is 5.86. The van der Waals surface area contributed by atoms with Gasteiger partial charge in [0.2, 0.25) is 0 Å². The quantitative estimate of drug-likeness (QED) is 0.690. The van der Waals surface area contributed by atoms with Crippen LogP contribution in [0.3, 0.4) is 0 Å². The predicted octanol–water partition coefficient (Wildman–Crippen LogP) is 5.02. The predicted molar refractivity (Wildman–Crippen MR) is 95.2 cm³/mol. The van der Waals surface area contributed by atoms with E-state index in [2.05, 4.69) is 46.5 Å². The number of halogens is 1. The van der Waals surface area contributed by atoms with E-state index in [-0.39, 0.29) is 0 Å². The fourth-order valence-electron chi connectivity index (χ4n) is 3.47. The van der Waals surface area contributed by atoms with Crippen LogP contribution in [-0.2, 0) is 11.2 Å². The van der Waals surface area contributed by atoms with Crippen LogP contribution in [-0.4, -0.2) is 25.3 Å². The lowest BCUT2D eigenvalue weighted by Crippen LogP contribution is -2.47. The molecule has 0 aliphatic heterocycles. The van der Waals surface area contributed by atoms with Crippen molar-refractivity contribution in [1.29, 1.82) is 0 Å². The summed E-state index contributed by atoms with van der Waals surface area (Å²) in [6, 6.07) is 2.58. The highest BCUT2D eigenvalue weighted by atomic mass is 79.9. The zero-order valence-electron chi connectivity index (χ0n) is 13.2. The molecule has 1 aliphatic rings. The molecule has 1 aromatic heterocycles. The van der Waals surface area contributed by atoms with Crippen molar-refractivity contribution < 1.29 is 4.74 Å². The Kier molecular flexibility index (Phi) is 7.72. The van der Waals surface area contributed by atoms with E-state index in [1.54, 1.807) is 0 Å². The van der Waals surface area contributed by atoms with Crippen molar-refractivity contribution in [3.63, 3.8) is 0 Å². The molecule has 0 aromatic carbocycles. The number of thiophene rings is 1. The standard InChI is InChI=1S/C17H28BrNOS/c1-3-19-15(12-16-14(18)10-11-21-16)17(20-4-2)13-8-6-5-7-9-13/h10-11,13,15,17,19H,3-9,12H2,1-2H3. The van der Waals surface area contributed by atoms with Gasteiger partial charge < -0.3 is 10.1 Å². The molecule has 1 aliphatic carbocycles. The zero-order valence-corrected chi connectivity index (χ0v) is 15.6. The number of hydrogen-bond donors (Lipinski definition) is 1. The molecule has 1 fully saturated rings. The summed E-state index contributed by atoms with van der Waals surface area (Å²) in [6.45, 7) is 6.14. The van der Waals surface area contributed by atoms with Gasteiger partial charge in [0.1, 0.15) is 0 Å². The fourth-order valence-corrected chi connectivity index (χ4v) is 5.05. The molecule has 0 bridgehead atoms. The summed E-state index contributed by atoms with van der Waals surface area (Å²) < 4.78 is 7.46. The third-order valence-electron chi connectivity index (χ3n) is 4.43. The average Bonchev–Trinajstić information content (AvgIpc) is 2.91. The van der Waals surface area contributed by atoms with Gasteiger partial charge in [-0.1, -0.05) is 26.2 Å². The fraction of sp³-hybridized carbons (Fsp3) is 0.765. The van der Waals surface area contributed by atoms with Gasteiger partial charge in [-0.15, -0.1) is 11.3 Å². The van der Waals surface area contributed by atoms with E-state index in [1.165, 1.54) is 41.5 Å². The summed E-state index contributed by atoms with van der Waals surface area (Å²) in [5.41, 5.74) is 0. The lowest BCUT2D eigenvalue weighted by atomic mass is 9.81. The van der Waals surface area contributed by atoms with E-state index >= 15 is 0 Å². The maximum absolute atomic E-state index is 6.21. The minimum Gasteiger partial charge on any atom is -0.377 e. The lowest BCUT2D eigenvalue weighted by Gasteiger charge is -2.36. The molecule has 1 aromatic rings. The molecule has 1 N–H and O–H groups in total. The van der Waals surface area contributed by atoms with Crippen LogP contribution in [0.4, 0.5) is 0 Å². The molecule has 2 nitrogen and oxygen atoms in total. The smallest absolute Gasteiger partial charge is 0.0759 e. The summed E-state index contributed by atoms with van der Waals surface area (Å²) in [6.07, 6.45) is 8.22. The molecule has 2 atom stereocenters. The monoisotopic (exact) mass is 373 g/mol. The third kappa shape index (κ3) is 5.05. The first kappa shape index (κ1) is 17.5. The van der Waals surface area contributed by atoms with Crippen LogP contribution in [0.5, 0.6) is 0 Å². The van der Waals surface area contributed by atoms with Crippen molar-refractivity contribution in [2.24, 2.45) is 5.92 Å². The molecular weight excluding hydrogens is 346 g/mol. The van der Waals surface area contributed by atoms with Crippen molar-refractivity contribution in [2.45, 2.75) is 64.5 Å². The SMILES string of the molecule is CCNC(Cc1sccc1Br)C(OCC)C1CCCCC1. The molecule has 0 radical (unpaired) electrons. The second kappa shape index (κ2) is 9.29. The van der Waals surface area contributed by atoms with Crippen LogP contribution in [0, 0.1) is 5.92 Å². The highest BCUT2D eigenvalue weighted by Crippen LogP contribution is 2.32. The molecule has 1 heterocycles. The molecular formula is C17H28BrNOS. The molecule has 1 saturated carbocycles. The lowest BCUT2D eigenvalue weighted by molar-refractivity contribution is -0.0170. The molecule has 0 saturated heterocycles. The molecule has 120 valence electrons. The highest BCUT2D eigenvalue weighted by molar-refractivity contribution is 9.10. The Morgan fingerprint density at radius 1 is 1.33 bits per heavy atom. The van der Waals surface area contributed by atoms with Gasteiger partial charge in [-0.2, -0.15) is 0 Å². The van der Waals surface area contributed by atoms with Crippen LogP contribution in [0.2, 0.25) is 0 Å². The van der Waals surface area contributed by atoms with Crippen molar-refractivity contribution in [3.05, 3.63) is 20.8 Å². The maximum atomic E-state index is 6.21. The summed E-state index contributed by atoms with van der Waals surface area (Å²) >= 11 is 5.52. The van der Waals surface area contributed by atoms with E-state index in [9.17, 15) is 0 Å². The molecule has 0 amide bonds. The molecule has 0 spiro atoms. The number of hydrogen-bond acceptors (Lipinski definition) is 3. The van der Waals surface area contributed by atoms with Gasteiger partial charge in [-0.25, -0.2) is 0 Å². The highest BCUT2D eigenvalue weighted by Gasteiger charge is 2.31. The Morgan fingerprint density at radius 3 is 2.67 bits per heavy atom. The number of rotatable bonds is 8. The maximum Gasteiger partial charge on any atom is 0.0759 e. The summed E-state index contributed by atoms with van der Waals surface area (Å²) in [4.78, 5) is 1.43. The first-order valence-electron chi connectivity index (χ1n) is 8.33.